The lowest BCUT2D eigenvalue weighted by Gasteiger charge is -2.08. The zero-order chi connectivity index (χ0) is 15.1. The van der Waals surface area contributed by atoms with Crippen molar-refractivity contribution >= 4 is 17.8 Å². The highest BCUT2D eigenvalue weighted by molar-refractivity contribution is 7.99. The zero-order valence-electron chi connectivity index (χ0n) is 12.4. The van der Waals surface area contributed by atoms with Crippen molar-refractivity contribution in [3.8, 4) is 0 Å². The minimum atomic E-state index is -0.174. The Kier molecular flexibility index (Phi) is 6.02. The first-order chi connectivity index (χ1) is 10.1. The van der Waals surface area contributed by atoms with Gasteiger partial charge in [-0.15, -0.1) is 10.2 Å². The van der Waals surface area contributed by atoms with Crippen molar-refractivity contribution < 1.29 is 4.42 Å². The summed E-state index contributed by atoms with van der Waals surface area (Å²) in [5, 5.41) is 8.61. The Bertz CT molecular complexity index is 566. The smallest absolute Gasteiger partial charge is 0.276 e. The average molecular weight is 303 g/mol. The summed E-state index contributed by atoms with van der Waals surface area (Å²) in [7, 11) is 0. The van der Waals surface area contributed by atoms with Crippen molar-refractivity contribution in [1.29, 1.82) is 0 Å². The summed E-state index contributed by atoms with van der Waals surface area (Å²) in [5.41, 5.74) is 7.20. The monoisotopic (exact) mass is 303 g/mol. The molecule has 0 fully saturated rings. The minimum Gasteiger partial charge on any atom is -0.414 e. The first kappa shape index (κ1) is 15.8. The standard InChI is InChI=1S/C16H21N3OS/c1-12(2)11-14(17)15-18-19-16(20-15)21-10-6-9-13-7-4-3-5-8-13/h3-9,12,14H,10-11,17H2,1-2H3. The largest absolute Gasteiger partial charge is 0.414 e. The highest BCUT2D eigenvalue weighted by atomic mass is 32.2. The van der Waals surface area contributed by atoms with Crippen LogP contribution in [0.3, 0.4) is 0 Å². The second kappa shape index (κ2) is 8.00. The van der Waals surface area contributed by atoms with Gasteiger partial charge in [0.15, 0.2) is 0 Å². The second-order valence-electron chi connectivity index (χ2n) is 5.27. The molecule has 2 N–H and O–H groups in total. The number of hydrogen-bond donors (Lipinski definition) is 1. The predicted octanol–water partition coefficient (Wildman–Crippen LogP) is 3.92. The van der Waals surface area contributed by atoms with Gasteiger partial charge in [0.1, 0.15) is 0 Å². The molecule has 0 radical (unpaired) electrons. The molecular formula is C16H21N3OS. The van der Waals surface area contributed by atoms with Crippen LogP contribution in [0, 0.1) is 5.92 Å². The molecule has 0 aliphatic carbocycles. The fraction of sp³-hybridized carbons (Fsp3) is 0.375. The molecule has 1 unspecified atom stereocenters. The van der Waals surface area contributed by atoms with Gasteiger partial charge in [0.25, 0.3) is 5.22 Å². The van der Waals surface area contributed by atoms with Gasteiger partial charge in [-0.05, 0) is 17.9 Å². The summed E-state index contributed by atoms with van der Waals surface area (Å²) in [5.74, 6) is 1.82. The molecule has 21 heavy (non-hydrogen) atoms. The van der Waals surface area contributed by atoms with Crippen molar-refractivity contribution in [2.24, 2.45) is 11.7 Å². The maximum absolute atomic E-state index is 6.02. The van der Waals surface area contributed by atoms with E-state index in [2.05, 4.69) is 48.3 Å². The van der Waals surface area contributed by atoms with Crippen molar-refractivity contribution in [2.75, 3.05) is 5.75 Å². The molecule has 1 heterocycles. The van der Waals surface area contributed by atoms with Gasteiger partial charge >= 0.3 is 0 Å². The van der Waals surface area contributed by atoms with Gasteiger partial charge in [0, 0.05) is 5.75 Å². The number of aromatic nitrogens is 2. The Balaban J connectivity index is 1.82. The number of thioether (sulfide) groups is 1. The average Bonchev–Trinajstić information content (AvgIpc) is 2.93. The molecule has 0 aliphatic rings. The molecule has 0 saturated carbocycles. The molecule has 112 valence electrons. The van der Waals surface area contributed by atoms with Gasteiger partial charge < -0.3 is 10.2 Å². The van der Waals surface area contributed by atoms with Crippen LogP contribution >= 0.6 is 11.8 Å². The van der Waals surface area contributed by atoms with E-state index in [1.165, 1.54) is 17.3 Å². The SMILES string of the molecule is CC(C)CC(N)c1nnc(SCC=Cc2ccccc2)o1. The summed E-state index contributed by atoms with van der Waals surface area (Å²) >= 11 is 1.51. The van der Waals surface area contributed by atoms with Gasteiger partial charge in [0.05, 0.1) is 6.04 Å². The molecule has 0 amide bonds. The Morgan fingerprint density at radius 1 is 1.24 bits per heavy atom. The van der Waals surface area contributed by atoms with E-state index in [1.54, 1.807) is 0 Å². The van der Waals surface area contributed by atoms with Gasteiger partial charge in [-0.2, -0.15) is 0 Å². The van der Waals surface area contributed by atoms with E-state index < -0.39 is 0 Å². The van der Waals surface area contributed by atoms with Crippen LogP contribution in [0.25, 0.3) is 6.08 Å². The molecule has 5 heteroatoms. The Morgan fingerprint density at radius 2 is 2.00 bits per heavy atom. The van der Waals surface area contributed by atoms with Gasteiger partial charge in [-0.3, -0.25) is 0 Å². The summed E-state index contributed by atoms with van der Waals surface area (Å²) in [6, 6.07) is 10.0. The fourth-order valence-electron chi connectivity index (χ4n) is 1.90. The Morgan fingerprint density at radius 3 is 2.71 bits per heavy atom. The molecule has 1 aromatic heterocycles. The highest BCUT2D eigenvalue weighted by Gasteiger charge is 2.15. The third kappa shape index (κ3) is 5.36. The van der Waals surface area contributed by atoms with E-state index in [-0.39, 0.29) is 6.04 Å². The van der Waals surface area contributed by atoms with Crippen LogP contribution in [0.15, 0.2) is 46.0 Å². The van der Waals surface area contributed by atoms with E-state index in [4.69, 9.17) is 10.2 Å². The minimum absolute atomic E-state index is 0.174. The van der Waals surface area contributed by atoms with Gasteiger partial charge in [-0.1, -0.05) is 68.1 Å². The van der Waals surface area contributed by atoms with E-state index in [1.807, 2.05) is 18.2 Å². The number of nitrogens with two attached hydrogens (primary N) is 1. The lowest BCUT2D eigenvalue weighted by molar-refractivity contribution is 0.361. The maximum atomic E-state index is 6.02. The predicted molar refractivity (Wildman–Crippen MR) is 86.9 cm³/mol. The zero-order valence-corrected chi connectivity index (χ0v) is 13.2. The molecule has 1 atom stereocenters. The normalized spacial score (nSPS) is 13.1. The first-order valence-electron chi connectivity index (χ1n) is 7.08. The summed E-state index contributed by atoms with van der Waals surface area (Å²) in [4.78, 5) is 0. The van der Waals surface area contributed by atoms with E-state index in [9.17, 15) is 0 Å². The Hall–Kier alpha value is -1.59. The van der Waals surface area contributed by atoms with Crippen LogP contribution in [0.5, 0.6) is 0 Å². The van der Waals surface area contributed by atoms with Crippen molar-refractivity contribution in [3.63, 3.8) is 0 Å². The number of benzene rings is 1. The van der Waals surface area contributed by atoms with Crippen LogP contribution in [0.2, 0.25) is 0 Å². The maximum Gasteiger partial charge on any atom is 0.276 e. The first-order valence-corrected chi connectivity index (χ1v) is 8.07. The lowest BCUT2D eigenvalue weighted by atomic mass is 10.1. The van der Waals surface area contributed by atoms with E-state index in [0.29, 0.717) is 17.0 Å². The fourth-order valence-corrected chi connectivity index (χ4v) is 2.48. The van der Waals surface area contributed by atoms with Crippen LogP contribution in [0.4, 0.5) is 0 Å². The molecular weight excluding hydrogens is 282 g/mol. The van der Waals surface area contributed by atoms with Crippen molar-refractivity contribution in [3.05, 3.63) is 47.9 Å². The van der Waals surface area contributed by atoms with E-state index >= 15 is 0 Å². The second-order valence-corrected chi connectivity index (χ2v) is 6.24. The van der Waals surface area contributed by atoms with Crippen LogP contribution in [-0.2, 0) is 0 Å². The van der Waals surface area contributed by atoms with Crippen LogP contribution < -0.4 is 5.73 Å². The lowest BCUT2D eigenvalue weighted by Crippen LogP contribution is -2.13. The van der Waals surface area contributed by atoms with Gasteiger partial charge in [-0.25, -0.2) is 0 Å². The molecule has 2 aromatic rings. The molecule has 0 saturated heterocycles. The van der Waals surface area contributed by atoms with Gasteiger partial charge in [0.2, 0.25) is 5.89 Å². The van der Waals surface area contributed by atoms with Crippen molar-refractivity contribution in [2.45, 2.75) is 31.5 Å². The third-order valence-electron chi connectivity index (χ3n) is 2.88. The molecule has 4 nitrogen and oxygen atoms in total. The number of nitrogens with zero attached hydrogens (tertiary/aromatic N) is 2. The molecule has 2 rings (SSSR count). The molecule has 0 bridgehead atoms. The number of hydrogen-bond acceptors (Lipinski definition) is 5. The summed E-state index contributed by atoms with van der Waals surface area (Å²) < 4.78 is 5.58. The van der Waals surface area contributed by atoms with E-state index in [0.717, 1.165) is 12.2 Å². The van der Waals surface area contributed by atoms with Crippen LogP contribution in [0.1, 0.15) is 37.8 Å². The molecule has 1 aromatic carbocycles. The molecule has 0 aliphatic heterocycles. The topological polar surface area (TPSA) is 64.9 Å². The van der Waals surface area contributed by atoms with Crippen molar-refractivity contribution in [1.82, 2.24) is 10.2 Å². The number of rotatable bonds is 7. The Labute approximate surface area is 129 Å². The van der Waals surface area contributed by atoms with Crippen LogP contribution in [-0.4, -0.2) is 16.0 Å². The highest BCUT2D eigenvalue weighted by Crippen LogP contribution is 2.22. The third-order valence-corrected chi connectivity index (χ3v) is 3.65. The molecule has 0 spiro atoms. The summed E-state index contributed by atoms with van der Waals surface area (Å²) in [6.07, 6.45) is 5.01. The quantitative estimate of drug-likeness (QED) is 0.785. The summed E-state index contributed by atoms with van der Waals surface area (Å²) in [6.45, 7) is 4.25.